The standard InChI is InChI=1S/C11H7NOSe/c13-14-7-5-9-10(14)4-3-8-2-1-6-12-11(8)9/h1-7H. The summed E-state index contributed by atoms with van der Waals surface area (Å²) in [6, 6.07) is 7.88. The van der Waals surface area contributed by atoms with Crippen molar-refractivity contribution in [1.29, 1.82) is 0 Å². The number of pyridine rings is 1. The molecule has 0 N–H and O–H groups in total. The maximum atomic E-state index is 11.6. The van der Waals surface area contributed by atoms with E-state index in [2.05, 4.69) is 4.98 Å². The first-order valence-electron chi connectivity index (χ1n) is 4.33. The molecule has 0 aliphatic carbocycles. The summed E-state index contributed by atoms with van der Waals surface area (Å²) in [7, 11) is 0. The molecule has 0 saturated heterocycles. The Hall–Kier alpha value is -1.31. The van der Waals surface area contributed by atoms with E-state index < -0.39 is 13.8 Å². The molecule has 3 rings (SSSR count). The van der Waals surface area contributed by atoms with Gasteiger partial charge in [0.05, 0.1) is 0 Å². The molecule has 3 heteroatoms. The predicted octanol–water partition coefficient (Wildman–Crippen LogP) is 1.43. The van der Waals surface area contributed by atoms with E-state index in [1.807, 2.05) is 30.3 Å². The number of rotatable bonds is 0. The van der Waals surface area contributed by atoms with E-state index in [0.29, 0.717) is 0 Å². The van der Waals surface area contributed by atoms with E-state index in [4.69, 9.17) is 0 Å². The molecular weight excluding hydrogens is 241 g/mol. The van der Waals surface area contributed by atoms with Crippen LogP contribution in [0.3, 0.4) is 0 Å². The van der Waals surface area contributed by atoms with Gasteiger partial charge in [-0.25, -0.2) is 0 Å². The SMILES string of the molecule is O=[Se]1C=Cc2c1ccc1cccnc21. The first kappa shape index (κ1) is 8.04. The maximum absolute atomic E-state index is 11.6. The van der Waals surface area contributed by atoms with Crippen LogP contribution in [-0.4, -0.2) is 18.8 Å². The summed E-state index contributed by atoms with van der Waals surface area (Å²) in [6.45, 7) is 0. The van der Waals surface area contributed by atoms with Gasteiger partial charge in [-0.05, 0) is 0 Å². The summed E-state index contributed by atoms with van der Waals surface area (Å²) in [6.07, 6.45) is 3.71. The molecule has 1 aromatic carbocycles. The fraction of sp³-hybridized carbons (Fsp3) is 0. The van der Waals surface area contributed by atoms with Gasteiger partial charge in [0.25, 0.3) is 0 Å². The van der Waals surface area contributed by atoms with Crippen LogP contribution in [0.5, 0.6) is 0 Å². The van der Waals surface area contributed by atoms with E-state index in [1.165, 1.54) is 0 Å². The number of aromatic nitrogens is 1. The molecule has 2 nitrogen and oxygen atoms in total. The van der Waals surface area contributed by atoms with E-state index in [1.54, 1.807) is 11.2 Å². The summed E-state index contributed by atoms with van der Waals surface area (Å²) in [5, 5.41) is 1.11. The third-order valence-corrected chi connectivity index (χ3v) is 4.81. The molecular formula is C11H7NOSe. The Bertz CT molecular complexity index is 575. The van der Waals surface area contributed by atoms with E-state index in [9.17, 15) is 3.83 Å². The van der Waals surface area contributed by atoms with Crippen LogP contribution in [0, 0.1) is 0 Å². The Morgan fingerprint density at radius 3 is 3.07 bits per heavy atom. The van der Waals surface area contributed by atoms with Gasteiger partial charge in [0.2, 0.25) is 0 Å². The summed E-state index contributed by atoms with van der Waals surface area (Å²) < 4.78 is 12.6. The molecule has 0 saturated carbocycles. The van der Waals surface area contributed by atoms with Crippen LogP contribution in [0.2, 0.25) is 0 Å². The van der Waals surface area contributed by atoms with Crippen molar-refractivity contribution in [3.8, 4) is 0 Å². The normalized spacial score (nSPS) is 18.7. The zero-order valence-corrected chi connectivity index (χ0v) is 9.02. The van der Waals surface area contributed by atoms with Crippen LogP contribution in [-0.2, 0) is 3.83 Å². The number of hydrogen-bond acceptors (Lipinski definition) is 2. The Balaban J connectivity index is 2.49. The van der Waals surface area contributed by atoms with Crippen LogP contribution in [0.15, 0.2) is 35.4 Å². The molecule has 1 unspecified atom stereocenters. The topological polar surface area (TPSA) is 30.0 Å². The monoisotopic (exact) mass is 249 g/mol. The Kier molecular flexibility index (Phi) is 1.63. The second kappa shape index (κ2) is 2.84. The fourth-order valence-corrected chi connectivity index (χ4v) is 3.77. The van der Waals surface area contributed by atoms with E-state index in [0.717, 1.165) is 20.9 Å². The van der Waals surface area contributed by atoms with Crippen molar-refractivity contribution < 1.29 is 3.83 Å². The number of nitrogens with zero attached hydrogens (tertiary/aromatic N) is 1. The molecule has 1 aliphatic rings. The van der Waals surface area contributed by atoms with Gasteiger partial charge >= 0.3 is 85.1 Å². The van der Waals surface area contributed by atoms with E-state index >= 15 is 0 Å². The molecule has 68 valence electrons. The third-order valence-electron chi connectivity index (χ3n) is 2.35. The summed E-state index contributed by atoms with van der Waals surface area (Å²) in [4.78, 5) is 6.12. The van der Waals surface area contributed by atoms with Crippen molar-refractivity contribution in [3.63, 3.8) is 0 Å². The molecule has 0 amide bonds. The van der Waals surface area contributed by atoms with Gasteiger partial charge in [-0.2, -0.15) is 0 Å². The van der Waals surface area contributed by atoms with Crippen LogP contribution >= 0.6 is 0 Å². The van der Waals surface area contributed by atoms with Crippen molar-refractivity contribution in [2.45, 2.75) is 0 Å². The number of fused-ring (bicyclic) bond motifs is 3. The second-order valence-corrected chi connectivity index (χ2v) is 5.89. The second-order valence-electron chi connectivity index (χ2n) is 3.15. The van der Waals surface area contributed by atoms with Gasteiger partial charge in [-0.3, -0.25) is 0 Å². The Labute approximate surface area is 85.4 Å². The number of benzene rings is 1. The van der Waals surface area contributed by atoms with Gasteiger partial charge in [0.1, 0.15) is 0 Å². The molecule has 0 bridgehead atoms. The van der Waals surface area contributed by atoms with Crippen molar-refractivity contribution >= 4 is 35.3 Å². The Morgan fingerprint density at radius 2 is 2.14 bits per heavy atom. The van der Waals surface area contributed by atoms with Gasteiger partial charge in [-0.1, -0.05) is 0 Å². The molecule has 14 heavy (non-hydrogen) atoms. The zero-order chi connectivity index (χ0) is 9.54. The predicted molar refractivity (Wildman–Crippen MR) is 56.9 cm³/mol. The average molecular weight is 248 g/mol. The minimum atomic E-state index is -1.89. The summed E-state index contributed by atoms with van der Waals surface area (Å²) in [5.41, 5.74) is 2.01. The van der Waals surface area contributed by atoms with Crippen molar-refractivity contribution in [3.05, 3.63) is 41.0 Å². The van der Waals surface area contributed by atoms with Crippen molar-refractivity contribution in [2.24, 2.45) is 0 Å². The first-order valence-corrected chi connectivity index (χ1v) is 6.87. The average Bonchev–Trinajstić information content (AvgIpc) is 2.61. The zero-order valence-electron chi connectivity index (χ0n) is 7.31. The molecule has 2 aromatic rings. The summed E-state index contributed by atoms with van der Waals surface area (Å²) >= 11 is -1.89. The van der Waals surface area contributed by atoms with Crippen LogP contribution in [0.25, 0.3) is 17.0 Å². The van der Waals surface area contributed by atoms with Gasteiger partial charge in [-0.15, -0.1) is 0 Å². The molecule has 1 atom stereocenters. The molecule has 2 heterocycles. The molecule has 1 aromatic heterocycles. The molecule has 0 radical (unpaired) electrons. The van der Waals surface area contributed by atoms with Gasteiger partial charge < -0.3 is 0 Å². The molecule has 1 aliphatic heterocycles. The quantitative estimate of drug-likeness (QED) is 0.660. The third kappa shape index (κ3) is 0.999. The van der Waals surface area contributed by atoms with Crippen molar-refractivity contribution in [1.82, 2.24) is 4.98 Å². The van der Waals surface area contributed by atoms with Gasteiger partial charge in [0.15, 0.2) is 0 Å². The minimum absolute atomic E-state index is 0.961. The fourth-order valence-electron chi connectivity index (χ4n) is 1.69. The first-order chi connectivity index (χ1) is 6.86. The van der Waals surface area contributed by atoms with Crippen molar-refractivity contribution in [2.75, 3.05) is 0 Å². The van der Waals surface area contributed by atoms with Gasteiger partial charge in [0, 0.05) is 0 Å². The van der Waals surface area contributed by atoms with E-state index in [-0.39, 0.29) is 0 Å². The van der Waals surface area contributed by atoms with Crippen LogP contribution in [0.1, 0.15) is 5.56 Å². The Morgan fingerprint density at radius 1 is 1.21 bits per heavy atom. The number of hydrogen-bond donors (Lipinski definition) is 0. The molecule has 0 spiro atoms. The van der Waals surface area contributed by atoms with Crippen LogP contribution < -0.4 is 4.46 Å². The summed E-state index contributed by atoms with van der Waals surface area (Å²) in [5.74, 6) is 0. The molecule has 0 fully saturated rings. The van der Waals surface area contributed by atoms with Crippen LogP contribution in [0.4, 0.5) is 0 Å².